The van der Waals surface area contributed by atoms with Crippen LogP contribution in [-0.4, -0.2) is 29.4 Å². The highest BCUT2D eigenvalue weighted by Gasteiger charge is 2.29. The molecular formula is C12H23NO3. The molecule has 0 saturated heterocycles. The predicted octanol–water partition coefficient (Wildman–Crippen LogP) is 1.42. The third kappa shape index (κ3) is 4.49. The largest absolute Gasteiger partial charge is 0.463 e. The summed E-state index contributed by atoms with van der Waals surface area (Å²) in [5.74, 6) is -0.0977. The molecule has 94 valence electrons. The van der Waals surface area contributed by atoms with Crippen molar-refractivity contribution in [3.8, 4) is 0 Å². The van der Waals surface area contributed by atoms with Crippen molar-refractivity contribution in [3.63, 3.8) is 0 Å². The predicted molar refractivity (Wildman–Crippen MR) is 61.8 cm³/mol. The van der Waals surface area contributed by atoms with Crippen LogP contribution in [0, 0.1) is 5.92 Å². The maximum Gasteiger partial charge on any atom is 0.309 e. The second kappa shape index (κ2) is 6.21. The van der Waals surface area contributed by atoms with Crippen molar-refractivity contribution in [2.24, 2.45) is 5.92 Å². The van der Waals surface area contributed by atoms with Gasteiger partial charge in [-0.05, 0) is 40.0 Å². The summed E-state index contributed by atoms with van der Waals surface area (Å²) >= 11 is 0. The summed E-state index contributed by atoms with van der Waals surface area (Å²) in [4.78, 5) is 11.7. The van der Waals surface area contributed by atoms with E-state index in [0.717, 1.165) is 25.7 Å². The third-order valence-electron chi connectivity index (χ3n) is 2.84. The van der Waals surface area contributed by atoms with Gasteiger partial charge in [-0.1, -0.05) is 6.42 Å². The molecule has 2 N–H and O–H groups in total. The topological polar surface area (TPSA) is 58.6 Å². The van der Waals surface area contributed by atoms with E-state index in [2.05, 4.69) is 5.32 Å². The fourth-order valence-corrected chi connectivity index (χ4v) is 2.22. The summed E-state index contributed by atoms with van der Waals surface area (Å²) in [5, 5.41) is 12.3. The summed E-state index contributed by atoms with van der Waals surface area (Å²) in [5.41, 5.74) is 0. The van der Waals surface area contributed by atoms with Gasteiger partial charge in [-0.25, -0.2) is 0 Å². The summed E-state index contributed by atoms with van der Waals surface area (Å²) < 4.78 is 5.21. The number of ether oxygens (including phenoxy) is 1. The highest BCUT2D eigenvalue weighted by Crippen LogP contribution is 2.25. The number of rotatable bonds is 4. The molecule has 1 fully saturated rings. The number of hydrogen-bond acceptors (Lipinski definition) is 4. The molecule has 0 bridgehead atoms. The number of esters is 1. The van der Waals surface area contributed by atoms with E-state index >= 15 is 0 Å². The lowest BCUT2D eigenvalue weighted by Gasteiger charge is -2.29. The monoisotopic (exact) mass is 229 g/mol. The minimum absolute atomic E-state index is 0.00704. The van der Waals surface area contributed by atoms with E-state index < -0.39 is 6.23 Å². The number of aliphatic hydroxyl groups excluding tert-OH is 1. The fourth-order valence-electron chi connectivity index (χ4n) is 2.22. The van der Waals surface area contributed by atoms with Crippen LogP contribution in [0.25, 0.3) is 0 Å². The fraction of sp³-hybridized carbons (Fsp3) is 0.917. The van der Waals surface area contributed by atoms with Crippen LogP contribution in [0.1, 0.15) is 46.5 Å². The zero-order valence-corrected chi connectivity index (χ0v) is 10.4. The Morgan fingerprint density at radius 1 is 1.38 bits per heavy atom. The second-order valence-electron chi connectivity index (χ2n) is 4.89. The van der Waals surface area contributed by atoms with Gasteiger partial charge in [-0.3, -0.25) is 10.1 Å². The molecule has 0 aromatic rings. The van der Waals surface area contributed by atoms with Gasteiger partial charge in [0.2, 0.25) is 0 Å². The van der Waals surface area contributed by atoms with Crippen LogP contribution in [0.5, 0.6) is 0 Å². The lowest BCUT2D eigenvalue weighted by molar-refractivity contribution is -0.153. The normalized spacial score (nSPS) is 27.8. The van der Waals surface area contributed by atoms with E-state index in [-0.39, 0.29) is 24.0 Å². The number of carbonyl (C=O) groups excluding carboxylic acids is 1. The molecule has 3 atom stereocenters. The first-order valence-electron chi connectivity index (χ1n) is 6.13. The maximum atomic E-state index is 11.7. The molecule has 0 amide bonds. The van der Waals surface area contributed by atoms with Crippen LogP contribution >= 0.6 is 0 Å². The maximum absolute atomic E-state index is 11.7. The molecule has 0 heterocycles. The zero-order valence-electron chi connectivity index (χ0n) is 10.4. The number of hydrogen-bond donors (Lipinski definition) is 2. The van der Waals surface area contributed by atoms with Crippen LogP contribution in [0.4, 0.5) is 0 Å². The smallest absolute Gasteiger partial charge is 0.309 e. The number of aliphatic hydroxyl groups is 1. The molecule has 1 aliphatic rings. The van der Waals surface area contributed by atoms with Crippen LogP contribution < -0.4 is 5.32 Å². The lowest BCUT2D eigenvalue weighted by atomic mass is 9.85. The van der Waals surface area contributed by atoms with E-state index in [0.29, 0.717) is 0 Å². The van der Waals surface area contributed by atoms with E-state index in [1.807, 2.05) is 13.8 Å². The molecule has 0 aromatic carbocycles. The van der Waals surface area contributed by atoms with Gasteiger partial charge in [0.15, 0.2) is 0 Å². The van der Waals surface area contributed by atoms with E-state index in [1.165, 1.54) is 0 Å². The van der Waals surface area contributed by atoms with Gasteiger partial charge in [-0.15, -0.1) is 0 Å². The first-order chi connectivity index (χ1) is 7.49. The molecule has 1 rings (SSSR count). The highest BCUT2D eigenvalue weighted by molar-refractivity contribution is 5.72. The Kier molecular flexibility index (Phi) is 5.22. The molecule has 4 heteroatoms. The van der Waals surface area contributed by atoms with Crippen molar-refractivity contribution >= 4 is 5.97 Å². The van der Waals surface area contributed by atoms with Crippen molar-refractivity contribution in [2.45, 2.75) is 64.8 Å². The molecule has 4 nitrogen and oxygen atoms in total. The number of carbonyl (C=O) groups is 1. The van der Waals surface area contributed by atoms with Crippen molar-refractivity contribution in [2.75, 3.05) is 0 Å². The minimum atomic E-state index is -0.509. The summed E-state index contributed by atoms with van der Waals surface area (Å²) in [6, 6.07) is 0.235. The molecule has 0 radical (unpaired) electrons. The van der Waals surface area contributed by atoms with Gasteiger partial charge in [-0.2, -0.15) is 0 Å². The average Bonchev–Trinajstić information content (AvgIpc) is 2.16. The van der Waals surface area contributed by atoms with Crippen molar-refractivity contribution in [1.82, 2.24) is 5.32 Å². The zero-order chi connectivity index (χ0) is 12.1. The Bertz CT molecular complexity index is 228. The Balaban J connectivity index is 2.40. The Hall–Kier alpha value is -0.610. The first kappa shape index (κ1) is 13.5. The summed E-state index contributed by atoms with van der Waals surface area (Å²) in [7, 11) is 0. The first-order valence-corrected chi connectivity index (χ1v) is 6.13. The molecule has 16 heavy (non-hydrogen) atoms. The van der Waals surface area contributed by atoms with Crippen LogP contribution in [0.3, 0.4) is 0 Å². The molecule has 1 unspecified atom stereocenters. The van der Waals surface area contributed by atoms with Gasteiger partial charge < -0.3 is 9.84 Å². The molecule has 0 spiro atoms. The molecule has 1 aliphatic carbocycles. The Labute approximate surface area is 97.4 Å². The Morgan fingerprint density at radius 3 is 2.62 bits per heavy atom. The van der Waals surface area contributed by atoms with Gasteiger partial charge >= 0.3 is 5.97 Å². The van der Waals surface area contributed by atoms with Crippen molar-refractivity contribution in [3.05, 3.63) is 0 Å². The minimum Gasteiger partial charge on any atom is -0.463 e. The average molecular weight is 229 g/mol. The third-order valence-corrected chi connectivity index (χ3v) is 2.84. The summed E-state index contributed by atoms with van der Waals surface area (Å²) in [6.07, 6.45) is 3.17. The SMILES string of the molecule is CC(O)N[C@@H]1CCC[C@H](C(=O)OC(C)C)C1. The van der Waals surface area contributed by atoms with E-state index in [9.17, 15) is 9.90 Å². The standard InChI is InChI=1S/C12H23NO3/c1-8(2)16-12(15)10-5-4-6-11(7-10)13-9(3)14/h8-11,13-14H,4-7H2,1-3H3/t9?,10-,11+/m0/s1. The number of nitrogens with one attached hydrogen (secondary N) is 1. The molecule has 0 aromatic heterocycles. The molecule has 0 aliphatic heterocycles. The van der Waals surface area contributed by atoms with Crippen LogP contribution in [0.15, 0.2) is 0 Å². The molecule has 1 saturated carbocycles. The van der Waals surface area contributed by atoms with E-state index in [4.69, 9.17) is 4.74 Å². The van der Waals surface area contributed by atoms with Crippen LogP contribution in [0.2, 0.25) is 0 Å². The summed E-state index contributed by atoms with van der Waals surface area (Å²) in [6.45, 7) is 5.44. The van der Waals surface area contributed by atoms with Crippen LogP contribution in [-0.2, 0) is 9.53 Å². The van der Waals surface area contributed by atoms with Gasteiger partial charge in [0.05, 0.1) is 12.0 Å². The quantitative estimate of drug-likeness (QED) is 0.565. The van der Waals surface area contributed by atoms with Crippen molar-refractivity contribution < 1.29 is 14.6 Å². The van der Waals surface area contributed by atoms with Gasteiger partial charge in [0.25, 0.3) is 0 Å². The van der Waals surface area contributed by atoms with Crippen molar-refractivity contribution in [1.29, 1.82) is 0 Å². The highest BCUT2D eigenvalue weighted by atomic mass is 16.5. The van der Waals surface area contributed by atoms with Gasteiger partial charge in [0, 0.05) is 6.04 Å². The molecular weight excluding hydrogens is 206 g/mol. The second-order valence-corrected chi connectivity index (χ2v) is 4.89. The lowest BCUT2D eigenvalue weighted by Crippen LogP contribution is -2.41. The van der Waals surface area contributed by atoms with Gasteiger partial charge in [0.1, 0.15) is 6.23 Å². The van der Waals surface area contributed by atoms with E-state index in [1.54, 1.807) is 6.92 Å². The Morgan fingerprint density at radius 2 is 2.06 bits per heavy atom.